The Labute approximate surface area is 118 Å². The van der Waals surface area contributed by atoms with Crippen LogP contribution in [0.5, 0.6) is 0 Å². The molecule has 0 saturated carbocycles. The summed E-state index contributed by atoms with van der Waals surface area (Å²) in [6.07, 6.45) is 0. The summed E-state index contributed by atoms with van der Waals surface area (Å²) in [5, 5.41) is 7.35. The Bertz CT molecular complexity index is 561. The van der Waals surface area contributed by atoms with Gasteiger partial charge in [0.05, 0.1) is 0 Å². The fourth-order valence-electron chi connectivity index (χ4n) is 1.83. The highest BCUT2D eigenvalue weighted by atomic mass is 32.2. The molecular weight excluding hydrogens is 252 g/mol. The number of rotatable bonds is 5. The van der Waals surface area contributed by atoms with E-state index < -0.39 is 0 Å². The Morgan fingerprint density at radius 1 is 1.05 bits per heavy atom. The third-order valence-corrected chi connectivity index (χ3v) is 4.11. The van der Waals surface area contributed by atoms with Gasteiger partial charge in [-0.1, -0.05) is 48.5 Å². The number of aryl methyl sites for hydroxylation is 1. The summed E-state index contributed by atoms with van der Waals surface area (Å²) >= 11 is 1.90. The zero-order chi connectivity index (χ0) is 13.7. The number of thioether (sulfide) groups is 1. The topological polar surface area (TPSA) is 49.9 Å². The molecule has 0 radical (unpaired) electrons. The van der Waals surface area contributed by atoms with Gasteiger partial charge in [0.15, 0.2) is 0 Å². The maximum atomic E-state index is 7.35. The zero-order valence-corrected chi connectivity index (χ0v) is 11.8. The molecule has 19 heavy (non-hydrogen) atoms. The van der Waals surface area contributed by atoms with E-state index in [9.17, 15) is 0 Å². The van der Waals surface area contributed by atoms with Crippen molar-refractivity contribution in [1.29, 1.82) is 5.41 Å². The van der Waals surface area contributed by atoms with Crippen molar-refractivity contribution < 1.29 is 0 Å². The summed E-state index contributed by atoms with van der Waals surface area (Å²) < 4.78 is 0. The van der Waals surface area contributed by atoms with Crippen LogP contribution in [0.15, 0.2) is 48.5 Å². The maximum Gasteiger partial charge on any atom is 0.122 e. The first-order valence-electron chi connectivity index (χ1n) is 6.22. The fourth-order valence-corrected chi connectivity index (χ4v) is 2.91. The van der Waals surface area contributed by atoms with Crippen LogP contribution >= 0.6 is 11.8 Å². The molecule has 2 nitrogen and oxygen atoms in total. The molecule has 0 aliphatic rings. The Balaban J connectivity index is 1.89. The van der Waals surface area contributed by atoms with Crippen LogP contribution in [0, 0.1) is 12.3 Å². The van der Waals surface area contributed by atoms with Gasteiger partial charge in [0.2, 0.25) is 0 Å². The fraction of sp³-hybridized carbons (Fsp3) is 0.188. The van der Waals surface area contributed by atoms with Crippen molar-refractivity contribution in [1.82, 2.24) is 0 Å². The van der Waals surface area contributed by atoms with Gasteiger partial charge < -0.3 is 5.73 Å². The Morgan fingerprint density at radius 2 is 1.74 bits per heavy atom. The van der Waals surface area contributed by atoms with Gasteiger partial charge in [-0.2, -0.15) is 11.8 Å². The second-order valence-electron chi connectivity index (χ2n) is 4.53. The van der Waals surface area contributed by atoms with Gasteiger partial charge in [0, 0.05) is 17.1 Å². The second-order valence-corrected chi connectivity index (χ2v) is 5.52. The molecule has 0 aromatic heterocycles. The third kappa shape index (κ3) is 3.86. The molecule has 2 aromatic rings. The minimum Gasteiger partial charge on any atom is -0.384 e. The predicted molar refractivity (Wildman–Crippen MR) is 83.6 cm³/mol. The summed E-state index contributed by atoms with van der Waals surface area (Å²) in [4.78, 5) is 0. The molecule has 0 unspecified atom stereocenters. The van der Waals surface area contributed by atoms with Crippen molar-refractivity contribution in [2.45, 2.75) is 18.4 Å². The van der Waals surface area contributed by atoms with Crippen LogP contribution in [0.3, 0.4) is 0 Å². The van der Waals surface area contributed by atoms with Crippen LogP contribution in [0.1, 0.15) is 22.3 Å². The van der Waals surface area contributed by atoms with E-state index in [1.807, 2.05) is 36.0 Å². The Morgan fingerprint density at radius 3 is 2.37 bits per heavy atom. The van der Waals surface area contributed by atoms with Gasteiger partial charge in [-0.15, -0.1) is 0 Å². The van der Waals surface area contributed by atoms with Crippen molar-refractivity contribution in [3.8, 4) is 0 Å². The third-order valence-electron chi connectivity index (χ3n) is 3.05. The normalized spacial score (nSPS) is 10.4. The highest BCUT2D eigenvalue weighted by molar-refractivity contribution is 7.97. The standard InChI is InChI=1S/C16H18N2S/c1-12-4-2-3-5-15(12)11-19-10-13-6-8-14(9-7-13)16(17)18/h2-9H,10-11H2,1H3,(H3,17,18). The van der Waals surface area contributed by atoms with E-state index in [1.54, 1.807) is 0 Å². The van der Waals surface area contributed by atoms with Crippen LogP contribution in [-0.2, 0) is 11.5 Å². The second kappa shape index (κ2) is 6.43. The lowest BCUT2D eigenvalue weighted by Crippen LogP contribution is -2.10. The number of nitrogen functional groups attached to an aromatic ring is 1. The van der Waals surface area contributed by atoms with Crippen LogP contribution < -0.4 is 5.73 Å². The maximum absolute atomic E-state index is 7.35. The molecule has 0 aliphatic heterocycles. The minimum atomic E-state index is 0.124. The van der Waals surface area contributed by atoms with Gasteiger partial charge in [-0.3, -0.25) is 5.41 Å². The number of hydrogen-bond acceptors (Lipinski definition) is 2. The molecule has 2 aromatic carbocycles. The largest absolute Gasteiger partial charge is 0.384 e. The van der Waals surface area contributed by atoms with Crippen LogP contribution in [-0.4, -0.2) is 5.84 Å². The molecule has 3 N–H and O–H groups in total. The summed E-state index contributed by atoms with van der Waals surface area (Å²) in [6.45, 7) is 2.15. The molecular formula is C16H18N2S. The van der Waals surface area contributed by atoms with E-state index >= 15 is 0 Å². The number of nitrogens with one attached hydrogen (secondary N) is 1. The van der Waals surface area contributed by atoms with Gasteiger partial charge in [0.25, 0.3) is 0 Å². The van der Waals surface area contributed by atoms with E-state index in [0.717, 1.165) is 17.1 Å². The monoisotopic (exact) mass is 270 g/mol. The van der Waals surface area contributed by atoms with E-state index in [4.69, 9.17) is 11.1 Å². The number of benzene rings is 2. The lowest BCUT2D eigenvalue weighted by atomic mass is 10.1. The molecule has 0 atom stereocenters. The minimum absolute atomic E-state index is 0.124. The van der Waals surface area contributed by atoms with E-state index in [2.05, 4.69) is 31.2 Å². The number of hydrogen-bond donors (Lipinski definition) is 2. The SMILES string of the molecule is Cc1ccccc1CSCc1ccc(C(=N)N)cc1. The van der Waals surface area contributed by atoms with Gasteiger partial charge >= 0.3 is 0 Å². The molecule has 3 heteroatoms. The lowest BCUT2D eigenvalue weighted by Gasteiger charge is -2.06. The first-order chi connectivity index (χ1) is 9.16. The first kappa shape index (κ1) is 13.7. The molecule has 2 rings (SSSR count). The average Bonchev–Trinajstić information content (AvgIpc) is 2.41. The van der Waals surface area contributed by atoms with E-state index in [1.165, 1.54) is 16.7 Å². The first-order valence-corrected chi connectivity index (χ1v) is 7.38. The summed E-state index contributed by atoms with van der Waals surface area (Å²) in [5.74, 6) is 2.13. The quantitative estimate of drug-likeness (QED) is 0.642. The van der Waals surface area contributed by atoms with Crippen molar-refractivity contribution in [2.24, 2.45) is 5.73 Å². The summed E-state index contributed by atoms with van der Waals surface area (Å²) in [5.41, 5.74) is 10.2. The van der Waals surface area contributed by atoms with Crippen LogP contribution in [0.25, 0.3) is 0 Å². The Kier molecular flexibility index (Phi) is 4.63. The summed E-state index contributed by atoms with van der Waals surface area (Å²) in [7, 11) is 0. The van der Waals surface area contributed by atoms with Crippen LogP contribution in [0.4, 0.5) is 0 Å². The van der Waals surface area contributed by atoms with Crippen molar-refractivity contribution in [3.05, 3.63) is 70.8 Å². The average molecular weight is 270 g/mol. The number of amidine groups is 1. The van der Waals surface area contributed by atoms with Crippen molar-refractivity contribution in [3.63, 3.8) is 0 Å². The highest BCUT2D eigenvalue weighted by Gasteiger charge is 2.00. The molecule has 0 heterocycles. The molecule has 0 amide bonds. The smallest absolute Gasteiger partial charge is 0.122 e. The Hall–Kier alpha value is -1.74. The molecule has 0 bridgehead atoms. The predicted octanol–water partition coefficient (Wildman–Crippen LogP) is 3.71. The lowest BCUT2D eigenvalue weighted by molar-refractivity contribution is 1.29. The zero-order valence-electron chi connectivity index (χ0n) is 11.0. The molecule has 0 aliphatic carbocycles. The van der Waals surface area contributed by atoms with Gasteiger partial charge in [0.1, 0.15) is 5.84 Å². The van der Waals surface area contributed by atoms with Crippen molar-refractivity contribution in [2.75, 3.05) is 0 Å². The van der Waals surface area contributed by atoms with Crippen LogP contribution in [0.2, 0.25) is 0 Å². The number of nitrogens with two attached hydrogens (primary N) is 1. The van der Waals surface area contributed by atoms with E-state index in [-0.39, 0.29) is 5.84 Å². The molecule has 0 saturated heterocycles. The van der Waals surface area contributed by atoms with Crippen molar-refractivity contribution >= 4 is 17.6 Å². The highest BCUT2D eigenvalue weighted by Crippen LogP contribution is 2.20. The molecule has 98 valence electrons. The summed E-state index contributed by atoms with van der Waals surface area (Å²) in [6, 6.07) is 16.4. The van der Waals surface area contributed by atoms with E-state index in [0.29, 0.717) is 0 Å². The molecule has 0 fully saturated rings. The van der Waals surface area contributed by atoms with Gasteiger partial charge in [-0.25, -0.2) is 0 Å². The van der Waals surface area contributed by atoms with Gasteiger partial charge in [-0.05, 0) is 23.6 Å². The molecule has 0 spiro atoms.